The second-order valence-corrected chi connectivity index (χ2v) is 10.9. The van der Waals surface area contributed by atoms with E-state index in [-0.39, 0.29) is 6.04 Å². The molecule has 0 amide bonds. The van der Waals surface area contributed by atoms with Crippen LogP contribution in [0.1, 0.15) is 59.1 Å². The summed E-state index contributed by atoms with van der Waals surface area (Å²) in [5.74, 6) is 3.20. The van der Waals surface area contributed by atoms with Crippen LogP contribution in [0.4, 0.5) is 5.69 Å². The lowest BCUT2D eigenvalue weighted by Gasteiger charge is -2.40. The molecule has 0 radical (unpaired) electrons. The van der Waals surface area contributed by atoms with Gasteiger partial charge in [0.15, 0.2) is 5.84 Å². The van der Waals surface area contributed by atoms with E-state index in [2.05, 4.69) is 70.6 Å². The molecule has 1 aromatic heterocycles. The molecule has 1 aromatic carbocycles. The van der Waals surface area contributed by atoms with Gasteiger partial charge in [-0.05, 0) is 84.5 Å². The molecule has 0 bridgehead atoms. The molecule has 8 heteroatoms. The van der Waals surface area contributed by atoms with Gasteiger partial charge in [-0.25, -0.2) is 9.98 Å². The second kappa shape index (κ2) is 10.6. The molecule has 2 saturated heterocycles. The number of hydrogen-bond acceptors (Lipinski definition) is 5. The van der Waals surface area contributed by atoms with E-state index in [9.17, 15) is 0 Å². The maximum absolute atomic E-state index is 7.45. The van der Waals surface area contributed by atoms with Crippen molar-refractivity contribution in [3.8, 4) is 17.1 Å². The molecule has 2 fully saturated rings. The van der Waals surface area contributed by atoms with E-state index in [1.807, 2.05) is 6.20 Å². The highest BCUT2D eigenvalue weighted by Crippen LogP contribution is 2.39. The Morgan fingerprint density at radius 3 is 2.67 bits per heavy atom. The molecule has 2 N–H and O–H groups in total. The smallest absolute Gasteiger partial charge is 0.155 e. The van der Waals surface area contributed by atoms with E-state index in [0.29, 0.717) is 24.5 Å². The van der Waals surface area contributed by atoms with Gasteiger partial charge in [0, 0.05) is 42.6 Å². The fraction of sp³-hybridized carbons (Fsp3) is 0.607. The lowest BCUT2D eigenvalue weighted by molar-refractivity contribution is 0.138. The Labute approximate surface area is 215 Å². The van der Waals surface area contributed by atoms with Gasteiger partial charge in [-0.2, -0.15) is 0 Å². The number of nitrogens with one attached hydrogen (secondary N) is 2. The monoisotopic (exact) mass is 491 g/mol. The Bertz CT molecular complexity index is 1100. The van der Waals surface area contributed by atoms with Crippen LogP contribution in [0.5, 0.6) is 5.75 Å². The van der Waals surface area contributed by atoms with Crippen molar-refractivity contribution in [2.75, 3.05) is 31.1 Å². The number of ether oxygens (including phenoxy) is 1. The fourth-order valence-corrected chi connectivity index (χ4v) is 6.10. The number of piperidine rings is 1. The van der Waals surface area contributed by atoms with Crippen LogP contribution in [0.2, 0.25) is 0 Å². The van der Waals surface area contributed by atoms with Crippen molar-refractivity contribution in [2.45, 2.75) is 78.0 Å². The lowest BCUT2D eigenvalue weighted by atomic mass is 9.87. The Morgan fingerprint density at radius 1 is 1.14 bits per heavy atom. The van der Waals surface area contributed by atoms with Crippen LogP contribution in [0.15, 0.2) is 29.4 Å². The second-order valence-electron chi connectivity index (χ2n) is 10.9. The molecule has 4 heterocycles. The number of benzene rings is 1. The first-order valence-electron chi connectivity index (χ1n) is 13.6. The van der Waals surface area contributed by atoms with Crippen molar-refractivity contribution in [3.63, 3.8) is 0 Å². The topological polar surface area (TPSA) is 81.8 Å². The third kappa shape index (κ3) is 5.01. The zero-order valence-electron chi connectivity index (χ0n) is 22.2. The molecule has 2 aromatic rings. The third-order valence-corrected chi connectivity index (χ3v) is 7.91. The molecule has 1 atom stereocenters. The maximum Gasteiger partial charge on any atom is 0.155 e. The molecule has 1 unspecified atom stereocenters. The molecular formula is C28H41N7O. The lowest BCUT2D eigenvalue weighted by Crippen LogP contribution is -2.44. The van der Waals surface area contributed by atoms with Crippen LogP contribution in [0.25, 0.3) is 11.4 Å². The van der Waals surface area contributed by atoms with Crippen LogP contribution in [0, 0.1) is 11.3 Å². The van der Waals surface area contributed by atoms with E-state index in [0.717, 1.165) is 48.2 Å². The molecule has 0 saturated carbocycles. The average molecular weight is 492 g/mol. The first kappa shape index (κ1) is 24.8. The van der Waals surface area contributed by atoms with Crippen molar-refractivity contribution < 1.29 is 4.74 Å². The maximum atomic E-state index is 7.45. The fourth-order valence-electron chi connectivity index (χ4n) is 6.10. The highest BCUT2D eigenvalue weighted by atomic mass is 16.5. The number of fused-ring (bicyclic) bond motifs is 3. The van der Waals surface area contributed by atoms with E-state index >= 15 is 0 Å². The molecular weight excluding hydrogens is 450 g/mol. The highest BCUT2D eigenvalue weighted by molar-refractivity contribution is 6.01. The molecule has 8 nitrogen and oxygen atoms in total. The zero-order valence-corrected chi connectivity index (χ0v) is 22.2. The van der Waals surface area contributed by atoms with Gasteiger partial charge >= 0.3 is 0 Å². The minimum atomic E-state index is 0.203. The Morgan fingerprint density at radius 2 is 1.94 bits per heavy atom. The number of aliphatic imine (C=N–C) groups is 1. The number of likely N-dealkylation sites (tertiary alicyclic amines) is 1. The van der Waals surface area contributed by atoms with Gasteiger partial charge in [0.1, 0.15) is 30.2 Å². The van der Waals surface area contributed by atoms with Gasteiger partial charge < -0.3 is 24.4 Å². The van der Waals surface area contributed by atoms with Crippen molar-refractivity contribution >= 4 is 17.9 Å². The highest BCUT2D eigenvalue weighted by Gasteiger charge is 2.35. The first-order chi connectivity index (χ1) is 17.4. The standard InChI is InChI=1S/C28H41N7O/c1-19(2)31-27(30-18-29)24-17-34-14-15-36-26-16-22(7-8-23(26)28(34)32-24)35-11-5-6-25(35)21-9-12-33(13-10-21)20(3)4/h7-8,16-21,25H,5-6,9-15H2,1-4H3,(H2,29,30,31). The summed E-state index contributed by atoms with van der Waals surface area (Å²) in [7, 11) is 0. The average Bonchev–Trinajstić information content (AvgIpc) is 3.48. The third-order valence-electron chi connectivity index (χ3n) is 7.91. The summed E-state index contributed by atoms with van der Waals surface area (Å²) in [4.78, 5) is 14.4. The van der Waals surface area contributed by atoms with Crippen molar-refractivity contribution in [1.29, 1.82) is 5.41 Å². The predicted octanol–water partition coefficient (Wildman–Crippen LogP) is 4.38. The number of rotatable bonds is 6. The van der Waals surface area contributed by atoms with Gasteiger partial charge in [-0.1, -0.05) is 0 Å². The molecule has 0 aliphatic carbocycles. The Balaban J connectivity index is 1.39. The number of hydrogen-bond donors (Lipinski definition) is 2. The molecule has 3 aliphatic rings. The number of amidine groups is 1. The van der Waals surface area contributed by atoms with Crippen LogP contribution >= 0.6 is 0 Å². The van der Waals surface area contributed by atoms with Crippen LogP contribution in [0.3, 0.4) is 0 Å². The van der Waals surface area contributed by atoms with Crippen molar-refractivity contribution in [3.05, 3.63) is 30.1 Å². The largest absolute Gasteiger partial charge is 0.491 e. The molecule has 194 valence electrons. The van der Waals surface area contributed by atoms with Gasteiger partial charge in [0.25, 0.3) is 0 Å². The van der Waals surface area contributed by atoms with Gasteiger partial charge in [0.2, 0.25) is 0 Å². The normalized spacial score (nSPS) is 21.3. The number of nitrogens with zero attached hydrogens (tertiary/aromatic N) is 5. The molecule has 3 aliphatic heterocycles. The summed E-state index contributed by atoms with van der Waals surface area (Å²) < 4.78 is 8.39. The number of anilines is 1. The van der Waals surface area contributed by atoms with E-state index in [1.165, 1.54) is 44.5 Å². The summed E-state index contributed by atoms with van der Waals surface area (Å²) in [5, 5.41) is 10.8. The van der Waals surface area contributed by atoms with Crippen LogP contribution in [-0.2, 0) is 6.54 Å². The van der Waals surface area contributed by atoms with Crippen molar-refractivity contribution in [1.82, 2.24) is 19.8 Å². The van der Waals surface area contributed by atoms with Gasteiger partial charge in [-0.15, -0.1) is 0 Å². The van der Waals surface area contributed by atoms with E-state index in [1.54, 1.807) is 0 Å². The van der Waals surface area contributed by atoms with Crippen molar-refractivity contribution in [2.24, 2.45) is 10.9 Å². The molecule has 0 spiro atoms. The zero-order chi connectivity index (χ0) is 25.2. The predicted molar refractivity (Wildman–Crippen MR) is 147 cm³/mol. The Kier molecular flexibility index (Phi) is 7.32. The minimum absolute atomic E-state index is 0.203. The summed E-state index contributed by atoms with van der Waals surface area (Å²) in [6.07, 6.45) is 8.22. The summed E-state index contributed by atoms with van der Waals surface area (Å²) in [6, 6.07) is 8.15. The molecule has 36 heavy (non-hydrogen) atoms. The van der Waals surface area contributed by atoms with E-state index < -0.39 is 0 Å². The van der Waals surface area contributed by atoms with E-state index in [4.69, 9.17) is 15.1 Å². The number of aromatic nitrogens is 2. The van der Waals surface area contributed by atoms with Crippen LogP contribution in [-0.4, -0.2) is 71.0 Å². The molecule has 5 rings (SSSR count). The quantitative estimate of drug-likeness (QED) is 0.463. The first-order valence-corrected chi connectivity index (χ1v) is 13.6. The van der Waals surface area contributed by atoms with Gasteiger partial charge in [-0.3, -0.25) is 5.41 Å². The number of imidazole rings is 1. The van der Waals surface area contributed by atoms with Crippen LogP contribution < -0.4 is 15.0 Å². The summed E-state index contributed by atoms with van der Waals surface area (Å²) in [5.41, 5.74) is 3.05. The summed E-state index contributed by atoms with van der Waals surface area (Å²) in [6.45, 7) is 13.6. The van der Waals surface area contributed by atoms with Gasteiger partial charge in [0.05, 0.1) is 12.1 Å². The summed E-state index contributed by atoms with van der Waals surface area (Å²) >= 11 is 0. The Hall–Kier alpha value is -2.87. The minimum Gasteiger partial charge on any atom is -0.491 e. The SMILES string of the molecule is CC(C)N/C(=N\C=N)c1cn2c(n1)-c1ccc(N3CCCC3C3CCN(C(C)C)CC3)cc1OCC2.